The minimum Gasteiger partial charge on any atom is -0.508 e. The van der Waals surface area contributed by atoms with Gasteiger partial charge >= 0.3 is 0 Å². The Labute approximate surface area is 73.6 Å². The zero-order valence-corrected chi connectivity index (χ0v) is 7.67. The van der Waals surface area contributed by atoms with E-state index in [-0.39, 0.29) is 5.75 Å². The van der Waals surface area contributed by atoms with E-state index in [1.807, 2.05) is 0 Å². The van der Waals surface area contributed by atoms with E-state index in [9.17, 15) is 10.2 Å². The molecular formula is C8H9BrO2. The third-order valence-corrected chi connectivity index (χ3v) is 1.82. The zero-order valence-electron chi connectivity index (χ0n) is 6.08. The van der Waals surface area contributed by atoms with E-state index in [1.165, 1.54) is 6.07 Å². The van der Waals surface area contributed by atoms with Crippen molar-refractivity contribution >= 4 is 15.9 Å². The number of phenolic OH excluding ortho intramolecular Hbond substituents is 1. The molecule has 11 heavy (non-hydrogen) atoms. The lowest BCUT2D eigenvalue weighted by molar-refractivity contribution is 0.163. The van der Waals surface area contributed by atoms with Crippen LogP contribution in [0.25, 0.3) is 0 Å². The van der Waals surface area contributed by atoms with Gasteiger partial charge in [-0.2, -0.15) is 0 Å². The van der Waals surface area contributed by atoms with Crippen LogP contribution in [-0.2, 0) is 4.51 Å². The summed E-state index contributed by atoms with van der Waals surface area (Å²) in [7, 11) is 0. The second-order valence-corrected chi connectivity index (χ2v) is 4.01. The predicted octanol–water partition coefficient (Wildman–Crippen LogP) is 1.95. The molecule has 2 nitrogen and oxygen atoms in total. The van der Waals surface area contributed by atoms with Crippen LogP contribution in [0.1, 0.15) is 12.5 Å². The predicted molar refractivity (Wildman–Crippen MR) is 46.6 cm³/mol. The number of hydrogen-bond acceptors (Lipinski definition) is 2. The van der Waals surface area contributed by atoms with E-state index in [1.54, 1.807) is 25.1 Å². The molecule has 0 aliphatic heterocycles. The van der Waals surface area contributed by atoms with Gasteiger partial charge in [-0.3, -0.25) is 0 Å². The van der Waals surface area contributed by atoms with Crippen molar-refractivity contribution in [3.05, 3.63) is 29.8 Å². The van der Waals surface area contributed by atoms with Crippen LogP contribution < -0.4 is 0 Å². The van der Waals surface area contributed by atoms with E-state index in [0.717, 1.165) is 0 Å². The van der Waals surface area contributed by atoms with Crippen molar-refractivity contribution < 1.29 is 10.2 Å². The molecule has 0 aliphatic carbocycles. The maximum absolute atomic E-state index is 9.43. The minimum atomic E-state index is -1.15. The third kappa shape index (κ3) is 1.94. The van der Waals surface area contributed by atoms with Crippen LogP contribution in [0.15, 0.2) is 24.3 Å². The van der Waals surface area contributed by atoms with Crippen LogP contribution in [0, 0.1) is 0 Å². The molecule has 0 aliphatic rings. The number of hydrogen-bond donors (Lipinski definition) is 2. The lowest BCUT2D eigenvalue weighted by Gasteiger charge is -2.16. The fraction of sp³-hybridized carbons (Fsp3) is 0.250. The largest absolute Gasteiger partial charge is 0.508 e. The smallest absolute Gasteiger partial charge is 0.145 e. The molecule has 0 saturated heterocycles. The number of aliphatic hydroxyl groups is 1. The Balaban J connectivity index is 3.14. The van der Waals surface area contributed by atoms with Crippen molar-refractivity contribution in [1.82, 2.24) is 0 Å². The topological polar surface area (TPSA) is 40.5 Å². The molecule has 0 radical (unpaired) electrons. The van der Waals surface area contributed by atoms with Gasteiger partial charge in [0.1, 0.15) is 10.3 Å². The van der Waals surface area contributed by atoms with Crippen LogP contribution in [-0.4, -0.2) is 10.2 Å². The standard InChI is InChI=1S/C8H9BrO2/c1-8(9,11)6-4-2-3-5-7(6)10/h2-5,10-11H,1H3. The number of benzene rings is 1. The molecule has 3 heteroatoms. The van der Waals surface area contributed by atoms with E-state index in [0.29, 0.717) is 5.56 Å². The van der Waals surface area contributed by atoms with Gasteiger partial charge in [-0.25, -0.2) is 0 Å². The molecule has 1 aromatic rings. The molecule has 1 aromatic carbocycles. The van der Waals surface area contributed by atoms with Crippen molar-refractivity contribution in [3.63, 3.8) is 0 Å². The summed E-state index contributed by atoms with van der Waals surface area (Å²) in [5.41, 5.74) is 0.472. The summed E-state index contributed by atoms with van der Waals surface area (Å²) in [4.78, 5) is 0. The Hall–Kier alpha value is -0.540. The summed E-state index contributed by atoms with van der Waals surface area (Å²) in [5.74, 6) is 0.0920. The van der Waals surface area contributed by atoms with Crippen molar-refractivity contribution in [2.45, 2.75) is 11.4 Å². The van der Waals surface area contributed by atoms with Gasteiger partial charge in [0, 0.05) is 5.56 Å². The van der Waals surface area contributed by atoms with Crippen molar-refractivity contribution in [1.29, 1.82) is 0 Å². The normalized spacial score (nSPS) is 15.9. The quantitative estimate of drug-likeness (QED) is 0.706. The van der Waals surface area contributed by atoms with E-state index in [2.05, 4.69) is 15.9 Å². The van der Waals surface area contributed by atoms with E-state index >= 15 is 0 Å². The van der Waals surface area contributed by atoms with Gasteiger partial charge < -0.3 is 10.2 Å². The van der Waals surface area contributed by atoms with Crippen LogP contribution in [0.3, 0.4) is 0 Å². The van der Waals surface area contributed by atoms with Gasteiger partial charge in [0.05, 0.1) is 0 Å². The van der Waals surface area contributed by atoms with Gasteiger partial charge in [0.25, 0.3) is 0 Å². The Bertz CT molecular complexity index is 253. The Morgan fingerprint density at radius 2 is 1.91 bits per heavy atom. The number of phenols is 1. The zero-order chi connectivity index (χ0) is 8.48. The number of rotatable bonds is 1. The number of para-hydroxylation sites is 1. The molecule has 0 saturated carbocycles. The van der Waals surface area contributed by atoms with Gasteiger partial charge in [-0.1, -0.05) is 18.2 Å². The molecule has 1 atom stereocenters. The Morgan fingerprint density at radius 3 is 2.27 bits per heavy atom. The number of halogens is 1. The molecule has 0 amide bonds. The SMILES string of the molecule is CC(O)(Br)c1ccccc1O. The highest BCUT2D eigenvalue weighted by atomic mass is 79.9. The van der Waals surface area contributed by atoms with E-state index in [4.69, 9.17) is 0 Å². The number of alkyl halides is 1. The van der Waals surface area contributed by atoms with Crippen LogP contribution in [0.4, 0.5) is 0 Å². The third-order valence-electron chi connectivity index (χ3n) is 1.40. The first-order valence-electron chi connectivity index (χ1n) is 3.21. The molecule has 0 aromatic heterocycles. The highest BCUT2D eigenvalue weighted by Crippen LogP contribution is 2.33. The van der Waals surface area contributed by atoms with Crippen LogP contribution in [0.2, 0.25) is 0 Å². The monoisotopic (exact) mass is 216 g/mol. The Kier molecular flexibility index (Phi) is 2.20. The second-order valence-electron chi connectivity index (χ2n) is 2.47. The average molecular weight is 217 g/mol. The summed E-state index contributed by atoms with van der Waals surface area (Å²) in [6.07, 6.45) is 0. The van der Waals surface area contributed by atoms with E-state index < -0.39 is 4.51 Å². The van der Waals surface area contributed by atoms with Crippen molar-refractivity contribution in [3.8, 4) is 5.75 Å². The molecular weight excluding hydrogens is 208 g/mol. The average Bonchev–Trinajstić information content (AvgIpc) is 1.86. The highest BCUT2D eigenvalue weighted by Gasteiger charge is 2.21. The second kappa shape index (κ2) is 2.83. The van der Waals surface area contributed by atoms with Crippen LogP contribution in [0.5, 0.6) is 5.75 Å². The summed E-state index contributed by atoms with van der Waals surface area (Å²) >= 11 is 3.03. The number of aromatic hydroxyl groups is 1. The van der Waals surface area contributed by atoms with Gasteiger partial charge in [0.2, 0.25) is 0 Å². The summed E-state index contributed by atoms with van der Waals surface area (Å²) < 4.78 is -1.15. The maximum Gasteiger partial charge on any atom is 0.145 e. The summed E-state index contributed by atoms with van der Waals surface area (Å²) in [6.45, 7) is 1.56. The van der Waals surface area contributed by atoms with Crippen molar-refractivity contribution in [2.75, 3.05) is 0 Å². The fourth-order valence-electron chi connectivity index (χ4n) is 0.859. The molecule has 0 bridgehead atoms. The fourth-order valence-corrected chi connectivity index (χ4v) is 1.19. The lowest BCUT2D eigenvalue weighted by Crippen LogP contribution is -2.10. The molecule has 60 valence electrons. The molecule has 1 rings (SSSR count). The molecule has 1 unspecified atom stereocenters. The molecule has 0 fully saturated rings. The summed E-state index contributed by atoms with van der Waals surface area (Å²) in [5, 5.41) is 18.7. The first-order chi connectivity index (χ1) is 5.02. The van der Waals surface area contributed by atoms with Gasteiger partial charge in [0.15, 0.2) is 0 Å². The first kappa shape index (κ1) is 8.56. The van der Waals surface area contributed by atoms with Crippen molar-refractivity contribution in [2.24, 2.45) is 0 Å². The molecule has 2 N–H and O–H groups in total. The Morgan fingerprint density at radius 1 is 1.36 bits per heavy atom. The first-order valence-corrected chi connectivity index (χ1v) is 4.01. The summed E-state index contributed by atoms with van der Waals surface area (Å²) in [6, 6.07) is 6.65. The van der Waals surface area contributed by atoms with Gasteiger partial charge in [-0.05, 0) is 28.9 Å². The van der Waals surface area contributed by atoms with Crippen LogP contribution >= 0.6 is 15.9 Å². The molecule has 0 spiro atoms. The lowest BCUT2D eigenvalue weighted by atomic mass is 10.1. The van der Waals surface area contributed by atoms with Gasteiger partial charge in [-0.15, -0.1) is 0 Å². The maximum atomic E-state index is 9.43. The molecule has 0 heterocycles. The minimum absolute atomic E-state index is 0.0920. The highest BCUT2D eigenvalue weighted by molar-refractivity contribution is 9.09.